The van der Waals surface area contributed by atoms with Crippen molar-refractivity contribution in [3.05, 3.63) is 24.3 Å². The minimum Gasteiger partial charge on any atom is -0.428 e. The van der Waals surface area contributed by atoms with E-state index in [9.17, 15) is 22.4 Å². The van der Waals surface area contributed by atoms with Gasteiger partial charge >= 0.3 is 18.6 Å². The number of hydrogen-bond acceptors (Lipinski definition) is 2. The van der Waals surface area contributed by atoms with E-state index in [1.165, 1.54) is 12.1 Å². The molecule has 4 nitrogen and oxygen atoms in total. The Morgan fingerprint density at radius 3 is 2.24 bits per heavy atom. The molecule has 8 heteroatoms. The lowest BCUT2D eigenvalue weighted by Crippen LogP contribution is -2.33. The lowest BCUT2D eigenvalue weighted by molar-refractivity contribution is -0.253. The molecule has 0 saturated heterocycles. The van der Waals surface area contributed by atoms with E-state index in [1.54, 1.807) is 0 Å². The van der Waals surface area contributed by atoms with Gasteiger partial charge in [-0.15, -0.1) is 0 Å². The summed E-state index contributed by atoms with van der Waals surface area (Å²) in [7, 11) is 0. The van der Waals surface area contributed by atoms with Gasteiger partial charge in [0.2, 0.25) is 0 Å². The van der Waals surface area contributed by atoms with Crippen molar-refractivity contribution in [2.45, 2.75) is 12.5 Å². The Kier molecular flexibility index (Phi) is 3.77. The van der Waals surface area contributed by atoms with Crippen LogP contribution in [0, 0.1) is 0 Å². The first-order chi connectivity index (χ1) is 7.81. The largest absolute Gasteiger partial charge is 0.461 e. The highest BCUT2D eigenvalue weighted by Crippen LogP contribution is 2.27. The summed E-state index contributed by atoms with van der Waals surface area (Å²) >= 11 is 0. The van der Waals surface area contributed by atoms with Crippen molar-refractivity contribution < 1.29 is 27.1 Å². The topological polar surface area (TPSA) is 64.4 Å². The average Bonchev–Trinajstić information content (AvgIpc) is 2.19. The molecule has 0 spiro atoms. The van der Waals surface area contributed by atoms with Crippen LogP contribution in [0.15, 0.2) is 24.3 Å². The van der Waals surface area contributed by atoms with Crippen molar-refractivity contribution >= 4 is 11.7 Å². The molecule has 0 atom stereocenters. The zero-order valence-electron chi connectivity index (χ0n) is 8.29. The number of benzene rings is 1. The lowest BCUT2D eigenvalue weighted by atomic mass is 10.3. The predicted molar refractivity (Wildman–Crippen MR) is 51.2 cm³/mol. The number of nitrogens with one attached hydrogen (secondary N) is 1. The number of nitrogens with two attached hydrogens (primary N) is 1. The summed E-state index contributed by atoms with van der Waals surface area (Å²) in [5.74, 6) is -0.453. The number of urea groups is 1. The van der Waals surface area contributed by atoms with Crippen LogP contribution in [0.5, 0.6) is 5.75 Å². The smallest absolute Gasteiger partial charge is 0.428 e. The number of carbonyl (C=O) groups is 1. The van der Waals surface area contributed by atoms with Gasteiger partial charge in [-0.3, -0.25) is 0 Å². The fraction of sp³-hybridized carbons (Fsp3) is 0.222. The number of carbonyl (C=O) groups excluding carboxylic acids is 1. The summed E-state index contributed by atoms with van der Waals surface area (Å²) in [6.45, 7) is 0. The molecule has 0 saturated carbocycles. The second-order valence-electron chi connectivity index (χ2n) is 2.98. The van der Waals surface area contributed by atoms with Crippen molar-refractivity contribution in [3.8, 4) is 5.75 Å². The SMILES string of the molecule is NC(=O)Nc1ccc(OC(F)(F)C(F)F)cc1. The molecule has 0 unspecified atom stereocenters. The van der Waals surface area contributed by atoms with E-state index in [0.717, 1.165) is 12.1 Å². The number of hydrogen-bond donors (Lipinski definition) is 2. The third kappa shape index (κ3) is 3.82. The number of alkyl halides is 4. The molecular weight excluding hydrogens is 244 g/mol. The molecule has 0 bridgehead atoms. The van der Waals surface area contributed by atoms with Crippen LogP contribution in [0.2, 0.25) is 0 Å². The molecule has 17 heavy (non-hydrogen) atoms. The minimum absolute atomic E-state index is 0.227. The minimum atomic E-state index is -4.56. The first-order valence-corrected chi connectivity index (χ1v) is 4.33. The van der Waals surface area contributed by atoms with Crippen LogP contribution >= 0.6 is 0 Å². The van der Waals surface area contributed by atoms with Gasteiger partial charge in [0.15, 0.2) is 0 Å². The van der Waals surface area contributed by atoms with Gasteiger partial charge in [0.1, 0.15) is 5.75 Å². The van der Waals surface area contributed by atoms with Gasteiger partial charge in [0.05, 0.1) is 0 Å². The maximum absolute atomic E-state index is 12.5. The molecule has 3 N–H and O–H groups in total. The summed E-state index contributed by atoms with van der Waals surface area (Å²) in [6.07, 6.45) is -8.48. The molecule has 1 aromatic rings. The Balaban J connectivity index is 2.72. The normalized spacial score (nSPS) is 11.4. The van der Waals surface area contributed by atoms with Crippen LogP contribution < -0.4 is 15.8 Å². The van der Waals surface area contributed by atoms with E-state index < -0.39 is 24.3 Å². The molecule has 1 rings (SSSR count). The predicted octanol–water partition coefficient (Wildman–Crippen LogP) is 2.41. The van der Waals surface area contributed by atoms with Gasteiger partial charge in [0.25, 0.3) is 0 Å². The number of anilines is 1. The molecular formula is C9H8F4N2O2. The molecule has 1 aromatic carbocycles. The fourth-order valence-corrected chi connectivity index (χ4v) is 0.950. The second kappa shape index (κ2) is 4.89. The van der Waals surface area contributed by atoms with E-state index in [2.05, 4.69) is 10.1 Å². The van der Waals surface area contributed by atoms with Gasteiger partial charge in [-0.05, 0) is 24.3 Å². The molecule has 0 radical (unpaired) electrons. The third-order valence-corrected chi connectivity index (χ3v) is 1.63. The van der Waals surface area contributed by atoms with Crippen molar-refractivity contribution in [2.75, 3.05) is 5.32 Å². The van der Waals surface area contributed by atoms with E-state index in [1.807, 2.05) is 0 Å². The van der Waals surface area contributed by atoms with Crippen LogP contribution in [0.4, 0.5) is 28.0 Å². The number of primary amides is 1. The van der Waals surface area contributed by atoms with Gasteiger partial charge in [0, 0.05) is 5.69 Å². The monoisotopic (exact) mass is 252 g/mol. The summed E-state index contributed by atoms with van der Waals surface area (Å²) in [6, 6.07) is 3.53. The summed E-state index contributed by atoms with van der Waals surface area (Å²) in [4.78, 5) is 10.4. The Labute approximate surface area is 93.4 Å². The number of halogens is 4. The van der Waals surface area contributed by atoms with Gasteiger partial charge in [-0.1, -0.05) is 0 Å². The maximum atomic E-state index is 12.5. The lowest BCUT2D eigenvalue weighted by Gasteiger charge is -2.16. The van der Waals surface area contributed by atoms with Gasteiger partial charge < -0.3 is 15.8 Å². The van der Waals surface area contributed by atoms with Crippen LogP contribution in [-0.2, 0) is 0 Å². The summed E-state index contributed by atoms with van der Waals surface area (Å²) < 4.78 is 52.4. The van der Waals surface area contributed by atoms with Crippen LogP contribution in [0.25, 0.3) is 0 Å². The number of amides is 2. The van der Waals surface area contributed by atoms with Crippen molar-refractivity contribution in [3.63, 3.8) is 0 Å². The first kappa shape index (κ1) is 13.1. The second-order valence-corrected chi connectivity index (χ2v) is 2.98. The van der Waals surface area contributed by atoms with E-state index in [-0.39, 0.29) is 5.69 Å². The molecule has 0 aliphatic rings. The summed E-state index contributed by atoms with van der Waals surface area (Å²) in [5, 5.41) is 2.17. The van der Waals surface area contributed by atoms with Crippen LogP contribution in [-0.4, -0.2) is 18.6 Å². The van der Waals surface area contributed by atoms with Crippen molar-refractivity contribution in [1.29, 1.82) is 0 Å². The zero-order valence-corrected chi connectivity index (χ0v) is 8.29. The Hall–Kier alpha value is -1.99. The van der Waals surface area contributed by atoms with Crippen LogP contribution in [0.3, 0.4) is 0 Å². The van der Waals surface area contributed by atoms with E-state index in [4.69, 9.17) is 5.73 Å². The van der Waals surface area contributed by atoms with E-state index >= 15 is 0 Å². The molecule has 0 aliphatic carbocycles. The quantitative estimate of drug-likeness (QED) is 0.808. The third-order valence-electron chi connectivity index (χ3n) is 1.63. The highest BCUT2D eigenvalue weighted by molar-refractivity contribution is 5.87. The highest BCUT2D eigenvalue weighted by atomic mass is 19.3. The zero-order chi connectivity index (χ0) is 13.1. The van der Waals surface area contributed by atoms with Crippen molar-refractivity contribution in [2.24, 2.45) is 5.73 Å². The maximum Gasteiger partial charge on any atom is 0.461 e. The standard InChI is InChI=1S/C9H8F4N2O2/c10-7(11)9(12,13)17-6-3-1-5(2-4-6)15-8(14)16/h1-4,7H,(H3,14,15,16). The molecule has 2 amide bonds. The van der Waals surface area contributed by atoms with Gasteiger partial charge in [-0.25, -0.2) is 4.79 Å². The first-order valence-electron chi connectivity index (χ1n) is 4.33. The van der Waals surface area contributed by atoms with Crippen molar-refractivity contribution in [1.82, 2.24) is 0 Å². The molecule has 94 valence electrons. The van der Waals surface area contributed by atoms with Crippen LogP contribution in [0.1, 0.15) is 0 Å². The molecule has 0 aliphatic heterocycles. The van der Waals surface area contributed by atoms with Gasteiger partial charge in [-0.2, -0.15) is 17.6 Å². The fourth-order valence-electron chi connectivity index (χ4n) is 0.950. The molecule has 0 heterocycles. The highest BCUT2D eigenvalue weighted by Gasteiger charge is 2.43. The average molecular weight is 252 g/mol. The molecule has 0 fully saturated rings. The molecule has 0 aromatic heterocycles. The Bertz CT molecular complexity index is 394. The number of ether oxygens (including phenoxy) is 1. The Morgan fingerprint density at radius 1 is 1.29 bits per heavy atom. The Morgan fingerprint density at radius 2 is 1.82 bits per heavy atom. The number of rotatable bonds is 4. The van der Waals surface area contributed by atoms with E-state index in [0.29, 0.717) is 0 Å². The summed E-state index contributed by atoms with van der Waals surface area (Å²) in [5.41, 5.74) is 5.03.